The van der Waals surface area contributed by atoms with Crippen LogP contribution < -0.4 is 0 Å². The van der Waals surface area contributed by atoms with Crippen molar-refractivity contribution in [3.63, 3.8) is 0 Å². The molecule has 0 saturated heterocycles. The van der Waals surface area contributed by atoms with E-state index in [0.29, 0.717) is 6.61 Å². The molecular formula is C13H30O4Si. The minimum absolute atomic E-state index is 0.206. The number of rotatable bonds is 11. The molecule has 0 bridgehead atoms. The average molecular weight is 278 g/mol. The normalized spacial score (nSPS) is 18.3. The molecule has 5 heteroatoms. The van der Waals surface area contributed by atoms with Gasteiger partial charge < -0.3 is 19.4 Å². The van der Waals surface area contributed by atoms with E-state index in [-0.39, 0.29) is 6.61 Å². The molecule has 0 spiro atoms. The molecule has 3 atom stereocenters. The Hall–Kier alpha value is 0.0569. The van der Waals surface area contributed by atoms with Gasteiger partial charge >= 0.3 is 0 Å². The van der Waals surface area contributed by atoms with Crippen LogP contribution in [0, 0.1) is 0 Å². The minimum atomic E-state index is -1.54. The van der Waals surface area contributed by atoms with Crippen molar-refractivity contribution < 1.29 is 19.4 Å². The van der Waals surface area contributed by atoms with Crippen LogP contribution in [0.4, 0.5) is 0 Å². The van der Waals surface area contributed by atoms with Gasteiger partial charge in [0.2, 0.25) is 0 Å². The molecule has 0 aromatic rings. The van der Waals surface area contributed by atoms with Gasteiger partial charge in [0, 0.05) is 13.7 Å². The first-order valence-electron chi connectivity index (χ1n) is 6.94. The fourth-order valence-corrected chi connectivity index (χ4v) is 4.42. The van der Waals surface area contributed by atoms with Crippen LogP contribution in [0.15, 0.2) is 0 Å². The minimum Gasteiger partial charge on any atom is -0.420 e. The third kappa shape index (κ3) is 8.21. The molecule has 0 fully saturated rings. The van der Waals surface area contributed by atoms with Gasteiger partial charge in [-0.1, -0.05) is 19.8 Å². The predicted octanol–water partition coefficient (Wildman–Crippen LogP) is 2.16. The molecular weight excluding hydrogens is 248 g/mol. The van der Waals surface area contributed by atoms with Crippen LogP contribution in [0.2, 0.25) is 18.6 Å². The number of ether oxygens (including phenoxy) is 1. The highest BCUT2D eigenvalue weighted by atomic mass is 28.4. The maximum atomic E-state index is 9.36. The molecule has 3 unspecified atom stereocenters. The summed E-state index contributed by atoms with van der Waals surface area (Å²) in [5, 5.41) is 18.5. The lowest BCUT2D eigenvalue weighted by Crippen LogP contribution is -2.33. The van der Waals surface area contributed by atoms with E-state index in [1.165, 1.54) is 18.9 Å². The first kappa shape index (κ1) is 18.1. The number of hydrogen-bond acceptors (Lipinski definition) is 4. The van der Waals surface area contributed by atoms with E-state index in [4.69, 9.17) is 14.3 Å². The fourth-order valence-electron chi connectivity index (χ4n) is 1.77. The Bertz CT molecular complexity index is 201. The highest BCUT2D eigenvalue weighted by Gasteiger charge is 2.26. The molecule has 0 aliphatic rings. The number of hydrogen-bond donors (Lipinski definition) is 2. The van der Waals surface area contributed by atoms with Crippen LogP contribution in [0.3, 0.4) is 0 Å². The molecule has 110 valence electrons. The lowest BCUT2D eigenvalue weighted by molar-refractivity contribution is -0.0302. The summed E-state index contributed by atoms with van der Waals surface area (Å²) in [5.41, 5.74) is 0. The van der Waals surface area contributed by atoms with E-state index in [0.717, 1.165) is 12.5 Å². The third-order valence-corrected chi connectivity index (χ3v) is 7.20. The molecule has 0 radical (unpaired) electrons. The molecule has 18 heavy (non-hydrogen) atoms. The molecule has 0 amide bonds. The second-order valence-corrected chi connectivity index (χ2v) is 9.55. The summed E-state index contributed by atoms with van der Waals surface area (Å²) in [6.07, 6.45) is 1.90. The average Bonchev–Trinajstić information content (AvgIpc) is 2.35. The van der Waals surface area contributed by atoms with Gasteiger partial charge in [-0.2, -0.15) is 0 Å². The van der Waals surface area contributed by atoms with E-state index in [1.54, 1.807) is 6.92 Å². The molecule has 0 aliphatic heterocycles. The molecule has 0 rings (SSSR count). The smallest absolute Gasteiger partial charge is 0.189 e. The maximum absolute atomic E-state index is 9.36. The van der Waals surface area contributed by atoms with Crippen molar-refractivity contribution in [2.24, 2.45) is 0 Å². The number of aliphatic hydroxyl groups is 2. The SMILES string of the molecule is CCCC[Si](C)(CCCOCC(O)C(C)O)OC. The van der Waals surface area contributed by atoms with Gasteiger partial charge in [0.05, 0.1) is 12.7 Å². The van der Waals surface area contributed by atoms with Crippen LogP contribution in [0.5, 0.6) is 0 Å². The van der Waals surface area contributed by atoms with E-state index >= 15 is 0 Å². The van der Waals surface area contributed by atoms with Gasteiger partial charge in [0.15, 0.2) is 8.32 Å². The zero-order valence-corrected chi connectivity index (χ0v) is 13.3. The fraction of sp³-hybridized carbons (Fsp3) is 1.00. The van der Waals surface area contributed by atoms with Gasteiger partial charge in [-0.05, 0) is 32.0 Å². The molecule has 0 aromatic carbocycles. The lowest BCUT2D eigenvalue weighted by Gasteiger charge is -2.25. The monoisotopic (exact) mass is 278 g/mol. The lowest BCUT2D eigenvalue weighted by atomic mass is 10.2. The molecule has 0 aromatic heterocycles. The number of aliphatic hydroxyl groups excluding tert-OH is 2. The van der Waals surface area contributed by atoms with Crippen molar-refractivity contribution >= 4 is 8.32 Å². The highest BCUT2D eigenvalue weighted by molar-refractivity contribution is 6.72. The van der Waals surface area contributed by atoms with E-state index < -0.39 is 20.5 Å². The summed E-state index contributed by atoms with van der Waals surface area (Å²) in [4.78, 5) is 0. The van der Waals surface area contributed by atoms with E-state index in [9.17, 15) is 5.11 Å². The maximum Gasteiger partial charge on any atom is 0.189 e. The van der Waals surface area contributed by atoms with Crippen LogP contribution >= 0.6 is 0 Å². The first-order valence-corrected chi connectivity index (χ1v) is 9.76. The van der Waals surface area contributed by atoms with Crippen LogP contribution in [-0.2, 0) is 9.16 Å². The summed E-state index contributed by atoms with van der Waals surface area (Å²) in [6.45, 7) is 6.87. The topological polar surface area (TPSA) is 58.9 Å². The van der Waals surface area contributed by atoms with Crippen molar-refractivity contribution in [2.75, 3.05) is 20.3 Å². The van der Waals surface area contributed by atoms with Crippen molar-refractivity contribution in [3.8, 4) is 0 Å². The molecule has 4 nitrogen and oxygen atoms in total. The Labute approximate surface area is 112 Å². The van der Waals surface area contributed by atoms with Crippen molar-refractivity contribution in [3.05, 3.63) is 0 Å². The van der Waals surface area contributed by atoms with Crippen LogP contribution in [0.1, 0.15) is 33.1 Å². The summed E-state index contributed by atoms with van der Waals surface area (Å²) in [7, 11) is 0.284. The van der Waals surface area contributed by atoms with Gasteiger partial charge in [-0.3, -0.25) is 0 Å². The van der Waals surface area contributed by atoms with Crippen molar-refractivity contribution in [1.29, 1.82) is 0 Å². The van der Waals surface area contributed by atoms with Crippen molar-refractivity contribution in [1.82, 2.24) is 0 Å². The van der Waals surface area contributed by atoms with Gasteiger partial charge in [-0.25, -0.2) is 0 Å². The molecule has 0 heterocycles. The van der Waals surface area contributed by atoms with E-state index in [1.807, 2.05) is 7.11 Å². The van der Waals surface area contributed by atoms with Crippen molar-refractivity contribution in [2.45, 2.75) is 64.0 Å². The Morgan fingerprint density at radius 2 is 1.78 bits per heavy atom. The second kappa shape index (κ2) is 9.92. The van der Waals surface area contributed by atoms with Gasteiger partial charge in [-0.15, -0.1) is 0 Å². The summed E-state index contributed by atoms with van der Waals surface area (Å²) < 4.78 is 11.1. The summed E-state index contributed by atoms with van der Waals surface area (Å²) in [6, 6.07) is 2.30. The first-order chi connectivity index (χ1) is 8.45. The predicted molar refractivity (Wildman–Crippen MR) is 76.3 cm³/mol. The zero-order chi connectivity index (χ0) is 14.0. The summed E-state index contributed by atoms with van der Waals surface area (Å²) >= 11 is 0. The molecule has 2 N–H and O–H groups in total. The Morgan fingerprint density at radius 3 is 2.28 bits per heavy atom. The Kier molecular flexibility index (Phi) is 9.95. The van der Waals surface area contributed by atoms with Crippen LogP contribution in [-0.4, -0.2) is 51.1 Å². The standard InChI is InChI=1S/C13H30O4Si/c1-5-6-9-18(4,16-3)10-7-8-17-11-13(15)12(2)14/h12-15H,5-11H2,1-4H3. The van der Waals surface area contributed by atoms with Gasteiger partial charge in [0.25, 0.3) is 0 Å². The highest BCUT2D eigenvalue weighted by Crippen LogP contribution is 2.21. The number of unbranched alkanes of at least 4 members (excludes halogenated alkanes) is 1. The zero-order valence-electron chi connectivity index (χ0n) is 12.3. The summed E-state index contributed by atoms with van der Waals surface area (Å²) in [5.74, 6) is 0. The Morgan fingerprint density at radius 1 is 1.17 bits per heavy atom. The largest absolute Gasteiger partial charge is 0.420 e. The second-order valence-electron chi connectivity index (χ2n) is 5.24. The van der Waals surface area contributed by atoms with E-state index in [2.05, 4.69) is 13.5 Å². The van der Waals surface area contributed by atoms with Gasteiger partial charge in [0.1, 0.15) is 6.10 Å². The quantitative estimate of drug-likeness (QED) is 0.449. The molecule has 0 saturated carbocycles. The Balaban J connectivity index is 3.68. The molecule has 0 aliphatic carbocycles. The third-order valence-electron chi connectivity index (χ3n) is 3.39. The van der Waals surface area contributed by atoms with Crippen LogP contribution in [0.25, 0.3) is 0 Å².